The van der Waals surface area contributed by atoms with Gasteiger partial charge in [0.25, 0.3) is 0 Å². The van der Waals surface area contributed by atoms with Gasteiger partial charge in [-0.3, -0.25) is 0 Å². The average molecular weight is 169 g/mol. The van der Waals surface area contributed by atoms with Crippen LogP contribution in [0.25, 0.3) is 0 Å². The van der Waals surface area contributed by atoms with E-state index in [2.05, 4.69) is 35.1 Å². The highest BCUT2D eigenvalue weighted by Crippen LogP contribution is 1.99. The molecule has 0 unspecified atom stereocenters. The fourth-order valence-corrected chi connectivity index (χ4v) is 0.283. The standard InChI is InChI=1S/C3H7NO3S2/c1-6-2-7-3(5)4(8)9/h8-9H,2H2,1H3. The molecular formula is C3H7NO3S2. The maximum Gasteiger partial charge on any atom is 0.432 e. The summed E-state index contributed by atoms with van der Waals surface area (Å²) < 4.78 is 9.51. The lowest BCUT2D eigenvalue weighted by Crippen LogP contribution is -2.14. The third-order valence-corrected chi connectivity index (χ3v) is 0.790. The Morgan fingerprint density at radius 2 is 2.22 bits per heavy atom. The van der Waals surface area contributed by atoms with Gasteiger partial charge in [0, 0.05) is 7.11 Å². The average Bonchev–Trinajstić information content (AvgIpc) is 1.82. The number of hydrogen-bond acceptors (Lipinski definition) is 5. The van der Waals surface area contributed by atoms with Gasteiger partial charge < -0.3 is 9.47 Å². The molecule has 0 rings (SSSR count). The van der Waals surface area contributed by atoms with Crippen molar-refractivity contribution in [3.8, 4) is 0 Å². The molecule has 0 spiro atoms. The monoisotopic (exact) mass is 169 g/mol. The van der Waals surface area contributed by atoms with Gasteiger partial charge in [0.05, 0.1) is 0 Å². The van der Waals surface area contributed by atoms with Crippen molar-refractivity contribution in [2.75, 3.05) is 13.9 Å². The van der Waals surface area contributed by atoms with E-state index in [1.165, 1.54) is 7.11 Å². The first-order chi connectivity index (χ1) is 4.18. The second kappa shape index (κ2) is 4.78. The van der Waals surface area contributed by atoms with Crippen molar-refractivity contribution in [2.45, 2.75) is 0 Å². The Balaban J connectivity index is 3.28. The summed E-state index contributed by atoms with van der Waals surface area (Å²) in [6.45, 7) is -0.0869. The maximum absolute atomic E-state index is 10.4. The lowest BCUT2D eigenvalue weighted by Gasteiger charge is -2.06. The van der Waals surface area contributed by atoms with Gasteiger partial charge in [-0.1, -0.05) is 0 Å². The minimum Gasteiger partial charge on any atom is -0.421 e. The number of rotatable bonds is 2. The third-order valence-electron chi connectivity index (χ3n) is 0.464. The molecule has 9 heavy (non-hydrogen) atoms. The van der Waals surface area contributed by atoms with E-state index in [0.717, 1.165) is 3.71 Å². The normalized spacial score (nSPS) is 8.78. The van der Waals surface area contributed by atoms with Gasteiger partial charge >= 0.3 is 6.09 Å². The Labute approximate surface area is 64.2 Å². The smallest absolute Gasteiger partial charge is 0.421 e. The number of methoxy groups -OCH3 is 1. The third kappa shape index (κ3) is 4.43. The molecule has 4 nitrogen and oxygen atoms in total. The van der Waals surface area contributed by atoms with Crippen molar-refractivity contribution in [3.05, 3.63) is 0 Å². The minimum absolute atomic E-state index is 0.0869. The first kappa shape index (κ1) is 8.93. The van der Waals surface area contributed by atoms with Crippen molar-refractivity contribution in [1.29, 1.82) is 0 Å². The van der Waals surface area contributed by atoms with Gasteiger partial charge in [-0.05, 0) is 25.6 Å². The van der Waals surface area contributed by atoms with Crippen molar-refractivity contribution in [1.82, 2.24) is 3.71 Å². The first-order valence-electron chi connectivity index (χ1n) is 2.02. The number of hydrogen-bond donors (Lipinski definition) is 2. The zero-order chi connectivity index (χ0) is 7.28. The second-order valence-corrected chi connectivity index (χ2v) is 2.22. The molecule has 0 saturated heterocycles. The zero-order valence-corrected chi connectivity index (χ0v) is 6.56. The Kier molecular flexibility index (Phi) is 4.74. The van der Waals surface area contributed by atoms with E-state index in [9.17, 15) is 4.79 Å². The Morgan fingerprint density at radius 1 is 1.67 bits per heavy atom. The molecule has 0 aliphatic carbocycles. The summed E-state index contributed by atoms with van der Waals surface area (Å²) in [7, 11) is 1.41. The first-order valence-corrected chi connectivity index (χ1v) is 2.82. The Hall–Kier alpha value is -0.0700. The summed E-state index contributed by atoms with van der Waals surface area (Å²) in [5, 5.41) is 0. The molecule has 0 aliphatic heterocycles. The molecule has 0 atom stereocenters. The fourth-order valence-electron chi connectivity index (χ4n) is 0.167. The Bertz CT molecular complexity index is 97.1. The summed E-state index contributed by atoms with van der Waals surface area (Å²) in [6, 6.07) is 0. The van der Waals surface area contributed by atoms with Gasteiger partial charge in [-0.15, -0.1) is 0 Å². The highest BCUT2D eigenvalue weighted by atomic mass is 32.2. The van der Waals surface area contributed by atoms with E-state index in [0.29, 0.717) is 0 Å². The van der Waals surface area contributed by atoms with Crippen molar-refractivity contribution >= 4 is 31.7 Å². The van der Waals surface area contributed by atoms with Crippen LogP contribution in [-0.4, -0.2) is 23.7 Å². The fraction of sp³-hybridized carbons (Fsp3) is 0.667. The minimum atomic E-state index is -0.663. The topological polar surface area (TPSA) is 38.8 Å². The Morgan fingerprint density at radius 3 is 2.56 bits per heavy atom. The molecule has 0 aromatic rings. The maximum atomic E-state index is 10.4. The molecule has 0 aliphatic rings. The largest absolute Gasteiger partial charge is 0.432 e. The van der Waals surface area contributed by atoms with Crippen LogP contribution < -0.4 is 0 Å². The van der Waals surface area contributed by atoms with E-state index < -0.39 is 6.09 Å². The summed E-state index contributed by atoms with van der Waals surface area (Å²) in [5.74, 6) is 0. The van der Waals surface area contributed by atoms with Crippen LogP contribution in [0.15, 0.2) is 0 Å². The zero-order valence-electron chi connectivity index (χ0n) is 4.77. The number of thiol groups is 2. The van der Waals surface area contributed by atoms with Crippen LogP contribution in [0.3, 0.4) is 0 Å². The highest BCUT2D eigenvalue weighted by molar-refractivity contribution is 7.94. The lowest BCUT2D eigenvalue weighted by atomic mass is 11.2. The summed E-state index contributed by atoms with van der Waals surface area (Å²) in [4.78, 5) is 10.4. The number of carbonyl (C=O) groups excluding carboxylic acids is 1. The predicted octanol–water partition coefficient (Wildman–Crippen LogP) is 0.718. The highest BCUT2D eigenvalue weighted by Gasteiger charge is 2.04. The number of ether oxygens (including phenoxy) is 2. The van der Waals surface area contributed by atoms with Crippen molar-refractivity contribution in [3.63, 3.8) is 0 Å². The number of nitrogens with zero attached hydrogens (tertiary/aromatic N) is 1. The van der Waals surface area contributed by atoms with E-state index in [-0.39, 0.29) is 6.79 Å². The summed E-state index contributed by atoms with van der Waals surface area (Å²) in [5.41, 5.74) is 0. The summed E-state index contributed by atoms with van der Waals surface area (Å²) in [6.07, 6.45) is -0.663. The van der Waals surface area contributed by atoms with Crippen LogP contribution in [0, 0.1) is 0 Å². The number of amides is 1. The van der Waals surface area contributed by atoms with Gasteiger partial charge in [-0.25, -0.2) is 4.79 Å². The van der Waals surface area contributed by atoms with Crippen molar-refractivity contribution in [2.24, 2.45) is 0 Å². The van der Waals surface area contributed by atoms with Crippen molar-refractivity contribution < 1.29 is 14.3 Å². The van der Waals surface area contributed by atoms with Gasteiger partial charge in [-0.2, -0.15) is 3.71 Å². The SMILES string of the molecule is COCOC(=O)N(S)S. The van der Waals surface area contributed by atoms with E-state index >= 15 is 0 Å². The molecule has 0 N–H and O–H groups in total. The molecule has 54 valence electrons. The van der Waals surface area contributed by atoms with Crippen LogP contribution in [0.2, 0.25) is 0 Å². The number of carbonyl (C=O) groups is 1. The molecular weight excluding hydrogens is 162 g/mol. The molecule has 0 aromatic heterocycles. The molecule has 1 amide bonds. The molecule has 0 fully saturated rings. The van der Waals surface area contributed by atoms with Gasteiger partial charge in [0.15, 0.2) is 6.79 Å². The molecule has 0 bridgehead atoms. The molecule has 0 heterocycles. The van der Waals surface area contributed by atoms with Crippen LogP contribution in [0.5, 0.6) is 0 Å². The van der Waals surface area contributed by atoms with Crippen LogP contribution in [0.1, 0.15) is 0 Å². The second-order valence-electron chi connectivity index (χ2n) is 1.11. The molecule has 0 aromatic carbocycles. The molecule has 0 saturated carbocycles. The van der Waals surface area contributed by atoms with Gasteiger partial charge in [0.1, 0.15) is 0 Å². The van der Waals surface area contributed by atoms with Gasteiger partial charge in [0.2, 0.25) is 0 Å². The molecule has 6 heteroatoms. The van der Waals surface area contributed by atoms with Crippen LogP contribution in [0.4, 0.5) is 4.79 Å². The van der Waals surface area contributed by atoms with Crippen LogP contribution in [-0.2, 0) is 9.47 Å². The molecule has 0 radical (unpaired) electrons. The predicted molar refractivity (Wildman–Crippen MR) is 38.2 cm³/mol. The summed E-state index contributed by atoms with van der Waals surface area (Å²) >= 11 is 7.07. The van der Waals surface area contributed by atoms with Crippen LogP contribution >= 0.6 is 25.6 Å². The van der Waals surface area contributed by atoms with E-state index in [1.807, 2.05) is 0 Å². The quantitative estimate of drug-likeness (QED) is 0.472. The lowest BCUT2D eigenvalue weighted by molar-refractivity contribution is 0.0102. The van der Waals surface area contributed by atoms with E-state index in [4.69, 9.17) is 0 Å². The van der Waals surface area contributed by atoms with E-state index in [1.54, 1.807) is 0 Å².